The summed E-state index contributed by atoms with van der Waals surface area (Å²) < 4.78 is 0. The molecule has 0 saturated heterocycles. The van der Waals surface area contributed by atoms with Crippen molar-refractivity contribution in [3.8, 4) is 0 Å². The normalized spacial score (nSPS) is 20.8. The highest BCUT2D eigenvalue weighted by molar-refractivity contribution is 9.09. The molecule has 1 saturated carbocycles. The number of halogens is 1. The predicted molar refractivity (Wildman–Crippen MR) is 80.9 cm³/mol. The van der Waals surface area contributed by atoms with E-state index in [9.17, 15) is 0 Å². The number of alkyl halides is 1. The fraction of sp³-hybridized carbons (Fsp3) is 1.00. The molecule has 1 fully saturated rings. The maximum atomic E-state index is 3.80. The standard InChI is InChI=1S/C15H30BrN/c1-4-11-17(14(2)3)13-15(12-16)9-7-5-6-8-10-15/h14H,4-13H2,1-3H3. The summed E-state index contributed by atoms with van der Waals surface area (Å²) in [5, 5.41) is 1.19. The van der Waals surface area contributed by atoms with Gasteiger partial charge in [0.25, 0.3) is 0 Å². The third kappa shape index (κ3) is 4.90. The molecule has 0 N–H and O–H groups in total. The van der Waals surface area contributed by atoms with Gasteiger partial charge in [0.05, 0.1) is 0 Å². The van der Waals surface area contributed by atoms with Crippen LogP contribution < -0.4 is 0 Å². The van der Waals surface area contributed by atoms with Gasteiger partial charge >= 0.3 is 0 Å². The monoisotopic (exact) mass is 303 g/mol. The first-order valence-electron chi connectivity index (χ1n) is 7.43. The van der Waals surface area contributed by atoms with Crippen LogP contribution in [-0.2, 0) is 0 Å². The molecule has 0 aromatic rings. The Balaban J connectivity index is 2.63. The van der Waals surface area contributed by atoms with Gasteiger partial charge in [0.2, 0.25) is 0 Å². The van der Waals surface area contributed by atoms with Gasteiger partial charge in [0.1, 0.15) is 0 Å². The van der Waals surface area contributed by atoms with E-state index in [-0.39, 0.29) is 0 Å². The Morgan fingerprint density at radius 3 is 2.12 bits per heavy atom. The Bertz CT molecular complexity index is 195. The van der Waals surface area contributed by atoms with Gasteiger partial charge in [0.15, 0.2) is 0 Å². The lowest BCUT2D eigenvalue weighted by Crippen LogP contribution is -2.42. The molecule has 0 spiro atoms. The van der Waals surface area contributed by atoms with Crippen molar-refractivity contribution in [2.24, 2.45) is 5.41 Å². The smallest absolute Gasteiger partial charge is 0.0100 e. The number of hydrogen-bond acceptors (Lipinski definition) is 1. The van der Waals surface area contributed by atoms with Crippen LogP contribution in [0.4, 0.5) is 0 Å². The molecule has 1 nitrogen and oxygen atoms in total. The molecule has 0 bridgehead atoms. The summed E-state index contributed by atoms with van der Waals surface area (Å²) in [6.07, 6.45) is 9.88. The molecule has 0 radical (unpaired) electrons. The van der Waals surface area contributed by atoms with Gasteiger partial charge in [-0.3, -0.25) is 0 Å². The van der Waals surface area contributed by atoms with Crippen LogP contribution in [0.3, 0.4) is 0 Å². The highest BCUT2D eigenvalue weighted by Gasteiger charge is 2.32. The van der Waals surface area contributed by atoms with Crippen LogP contribution >= 0.6 is 15.9 Å². The number of nitrogens with zero attached hydrogens (tertiary/aromatic N) is 1. The second-order valence-electron chi connectivity index (χ2n) is 6.11. The van der Waals surface area contributed by atoms with Crippen LogP contribution in [0, 0.1) is 5.41 Å². The Labute approximate surface area is 116 Å². The summed E-state index contributed by atoms with van der Waals surface area (Å²) in [6.45, 7) is 9.53. The van der Waals surface area contributed by atoms with E-state index in [1.807, 2.05) is 0 Å². The average Bonchev–Trinajstić information content (AvgIpc) is 2.54. The van der Waals surface area contributed by atoms with Crippen LogP contribution in [0.2, 0.25) is 0 Å². The second kappa shape index (κ2) is 7.78. The van der Waals surface area contributed by atoms with E-state index in [4.69, 9.17) is 0 Å². The Kier molecular flexibility index (Phi) is 7.10. The quantitative estimate of drug-likeness (QED) is 0.501. The number of rotatable bonds is 6. The highest BCUT2D eigenvalue weighted by atomic mass is 79.9. The van der Waals surface area contributed by atoms with Gasteiger partial charge in [-0.1, -0.05) is 48.5 Å². The largest absolute Gasteiger partial charge is 0.300 e. The number of hydrogen-bond donors (Lipinski definition) is 0. The maximum absolute atomic E-state index is 3.80. The van der Waals surface area contributed by atoms with Crippen molar-refractivity contribution in [3.63, 3.8) is 0 Å². The molecule has 0 aromatic carbocycles. The lowest BCUT2D eigenvalue weighted by molar-refractivity contribution is 0.123. The Hall–Kier alpha value is 0.440. The molecule has 1 rings (SSSR count). The first-order valence-corrected chi connectivity index (χ1v) is 8.56. The molecule has 102 valence electrons. The zero-order valence-corrected chi connectivity index (χ0v) is 13.6. The van der Waals surface area contributed by atoms with Crippen molar-refractivity contribution in [1.82, 2.24) is 4.90 Å². The predicted octanol–water partition coefficient (Wildman–Crippen LogP) is 4.84. The van der Waals surface area contributed by atoms with Crippen molar-refractivity contribution < 1.29 is 0 Å². The lowest BCUT2D eigenvalue weighted by atomic mass is 9.81. The first kappa shape index (κ1) is 15.5. The van der Waals surface area contributed by atoms with Gasteiger partial charge in [-0.25, -0.2) is 0 Å². The fourth-order valence-electron chi connectivity index (χ4n) is 3.05. The van der Waals surface area contributed by atoms with Crippen LogP contribution in [0.1, 0.15) is 65.7 Å². The maximum Gasteiger partial charge on any atom is 0.0100 e. The fourth-order valence-corrected chi connectivity index (χ4v) is 3.79. The van der Waals surface area contributed by atoms with Crippen molar-refractivity contribution in [2.45, 2.75) is 71.8 Å². The molecule has 1 aliphatic carbocycles. The summed E-state index contributed by atoms with van der Waals surface area (Å²) in [5.74, 6) is 0. The third-order valence-corrected chi connectivity index (χ3v) is 5.42. The van der Waals surface area contributed by atoms with E-state index in [2.05, 4.69) is 41.6 Å². The Morgan fingerprint density at radius 2 is 1.71 bits per heavy atom. The molecule has 17 heavy (non-hydrogen) atoms. The van der Waals surface area contributed by atoms with Crippen LogP contribution in [0.15, 0.2) is 0 Å². The molecular formula is C15H30BrN. The summed E-state index contributed by atoms with van der Waals surface area (Å²) >= 11 is 3.80. The minimum absolute atomic E-state index is 0.552. The molecule has 1 aliphatic rings. The topological polar surface area (TPSA) is 3.24 Å². The van der Waals surface area contributed by atoms with E-state index >= 15 is 0 Å². The van der Waals surface area contributed by atoms with Crippen molar-refractivity contribution in [1.29, 1.82) is 0 Å². The minimum atomic E-state index is 0.552. The minimum Gasteiger partial charge on any atom is -0.300 e. The molecule has 0 heterocycles. The molecule has 0 aliphatic heterocycles. The molecule has 0 aromatic heterocycles. The van der Waals surface area contributed by atoms with Crippen LogP contribution in [-0.4, -0.2) is 29.4 Å². The summed E-state index contributed by atoms with van der Waals surface area (Å²) in [4.78, 5) is 2.69. The van der Waals surface area contributed by atoms with Crippen molar-refractivity contribution >= 4 is 15.9 Å². The van der Waals surface area contributed by atoms with Crippen LogP contribution in [0.25, 0.3) is 0 Å². The summed E-state index contributed by atoms with van der Waals surface area (Å²) in [7, 11) is 0. The third-order valence-electron chi connectivity index (χ3n) is 4.23. The zero-order valence-electron chi connectivity index (χ0n) is 12.0. The highest BCUT2D eigenvalue weighted by Crippen LogP contribution is 2.37. The molecule has 2 heteroatoms. The zero-order chi connectivity index (χ0) is 12.7. The average molecular weight is 304 g/mol. The van der Waals surface area contributed by atoms with Gasteiger partial charge in [-0.05, 0) is 45.1 Å². The Morgan fingerprint density at radius 1 is 1.12 bits per heavy atom. The van der Waals surface area contributed by atoms with Crippen molar-refractivity contribution in [2.75, 3.05) is 18.4 Å². The van der Waals surface area contributed by atoms with Gasteiger partial charge in [0, 0.05) is 17.9 Å². The second-order valence-corrected chi connectivity index (χ2v) is 6.67. The van der Waals surface area contributed by atoms with Crippen LogP contribution in [0.5, 0.6) is 0 Å². The van der Waals surface area contributed by atoms with E-state index < -0.39 is 0 Å². The summed E-state index contributed by atoms with van der Waals surface area (Å²) in [6, 6.07) is 0.689. The van der Waals surface area contributed by atoms with E-state index in [0.29, 0.717) is 11.5 Å². The molecular weight excluding hydrogens is 274 g/mol. The lowest BCUT2D eigenvalue weighted by Gasteiger charge is -2.38. The molecule has 0 amide bonds. The van der Waals surface area contributed by atoms with Gasteiger partial charge in [-0.15, -0.1) is 0 Å². The molecule has 0 atom stereocenters. The molecule has 0 unspecified atom stereocenters. The van der Waals surface area contributed by atoms with Gasteiger partial charge in [-0.2, -0.15) is 0 Å². The van der Waals surface area contributed by atoms with Crippen molar-refractivity contribution in [3.05, 3.63) is 0 Å². The summed E-state index contributed by atoms with van der Waals surface area (Å²) in [5.41, 5.74) is 0.552. The van der Waals surface area contributed by atoms with E-state index in [1.165, 1.54) is 63.4 Å². The van der Waals surface area contributed by atoms with Gasteiger partial charge < -0.3 is 4.90 Å². The SMILES string of the molecule is CCCN(CC1(CBr)CCCCCC1)C(C)C. The van der Waals surface area contributed by atoms with E-state index in [0.717, 1.165) is 0 Å². The first-order chi connectivity index (χ1) is 8.13. The van der Waals surface area contributed by atoms with E-state index in [1.54, 1.807) is 0 Å².